The van der Waals surface area contributed by atoms with E-state index in [0.29, 0.717) is 12.8 Å². The van der Waals surface area contributed by atoms with Gasteiger partial charge in [0, 0.05) is 12.8 Å². The van der Waals surface area contributed by atoms with Gasteiger partial charge in [-0.15, -0.1) is 0 Å². The van der Waals surface area contributed by atoms with Crippen molar-refractivity contribution < 1.29 is 48.5 Å². The topological polar surface area (TPSA) is 161 Å². The van der Waals surface area contributed by atoms with Gasteiger partial charge in [-0.25, -0.2) is 0 Å². The highest BCUT2D eigenvalue weighted by atomic mass is 16.6. The monoisotopic (exact) mass is 486 g/mol. The zero-order valence-corrected chi connectivity index (χ0v) is 19.9. The molecule has 0 aliphatic heterocycles. The second-order valence-corrected chi connectivity index (χ2v) is 8.22. The van der Waals surface area contributed by atoms with Gasteiger partial charge in [-0.3, -0.25) is 28.8 Å². The summed E-state index contributed by atoms with van der Waals surface area (Å²) in [5.41, 5.74) is 0. The number of carboxylic acids is 2. The molecule has 0 aromatic heterocycles. The van der Waals surface area contributed by atoms with E-state index in [9.17, 15) is 28.8 Å². The molecule has 0 atom stereocenters. The van der Waals surface area contributed by atoms with Crippen molar-refractivity contribution in [2.24, 2.45) is 0 Å². The molecule has 0 bridgehead atoms. The van der Waals surface area contributed by atoms with E-state index in [1.165, 1.54) is 0 Å². The molecule has 2 N–H and O–H groups in total. The molecule has 0 aromatic rings. The molecular weight excluding hydrogens is 448 g/mol. The number of esters is 4. The summed E-state index contributed by atoms with van der Waals surface area (Å²) in [6, 6.07) is 0. The molecule has 34 heavy (non-hydrogen) atoms. The zero-order valence-electron chi connectivity index (χ0n) is 19.9. The summed E-state index contributed by atoms with van der Waals surface area (Å²) in [7, 11) is 0. The van der Waals surface area contributed by atoms with Crippen LogP contribution in [0.3, 0.4) is 0 Å². The molecule has 194 valence electrons. The van der Waals surface area contributed by atoms with Crippen molar-refractivity contribution >= 4 is 35.8 Å². The van der Waals surface area contributed by atoms with Crippen molar-refractivity contribution in [3.05, 3.63) is 0 Å². The molecule has 0 rings (SSSR count). The first kappa shape index (κ1) is 31.2. The van der Waals surface area contributed by atoms with Crippen LogP contribution >= 0.6 is 0 Å². The van der Waals surface area contributed by atoms with Crippen LogP contribution in [0.15, 0.2) is 0 Å². The fourth-order valence-electron chi connectivity index (χ4n) is 3.18. The predicted molar refractivity (Wildman–Crippen MR) is 121 cm³/mol. The van der Waals surface area contributed by atoms with E-state index >= 15 is 0 Å². The molecule has 0 spiro atoms. The Hall–Kier alpha value is -2.78. The van der Waals surface area contributed by atoms with Gasteiger partial charge < -0.3 is 19.7 Å². The molecule has 10 heteroatoms. The van der Waals surface area contributed by atoms with Gasteiger partial charge in [0.15, 0.2) is 0 Å². The normalized spacial score (nSPS) is 10.5. The fourth-order valence-corrected chi connectivity index (χ4v) is 3.18. The third-order valence-corrected chi connectivity index (χ3v) is 5.05. The number of rotatable bonds is 21. The van der Waals surface area contributed by atoms with E-state index in [-0.39, 0.29) is 38.5 Å². The average molecular weight is 487 g/mol. The van der Waals surface area contributed by atoms with Gasteiger partial charge in [0.2, 0.25) is 0 Å². The molecular formula is C24H38O10. The number of aliphatic carboxylic acids is 2. The standard InChI is InChI=1S/C24H38O10/c25-19(26)15-17-23(31)33-21(29)13-11-9-7-5-3-1-2-4-6-8-10-12-14-22(30)34-24(32)18-16-20(27)28/h1-18H2,(H,25,26)(H,27,28). The van der Waals surface area contributed by atoms with Gasteiger partial charge >= 0.3 is 35.8 Å². The van der Waals surface area contributed by atoms with Crippen molar-refractivity contribution in [1.29, 1.82) is 0 Å². The lowest BCUT2D eigenvalue weighted by Gasteiger charge is -2.04. The maximum absolute atomic E-state index is 11.5. The molecule has 0 aromatic carbocycles. The Morgan fingerprint density at radius 3 is 0.853 bits per heavy atom. The number of unbranched alkanes of at least 4 members (excludes halogenated alkanes) is 11. The van der Waals surface area contributed by atoms with Crippen LogP contribution in [0.25, 0.3) is 0 Å². The van der Waals surface area contributed by atoms with Gasteiger partial charge in [0.25, 0.3) is 0 Å². The van der Waals surface area contributed by atoms with E-state index in [2.05, 4.69) is 9.47 Å². The highest BCUT2D eigenvalue weighted by Gasteiger charge is 2.12. The van der Waals surface area contributed by atoms with Gasteiger partial charge in [-0.1, -0.05) is 64.2 Å². The van der Waals surface area contributed by atoms with Gasteiger partial charge in [0.1, 0.15) is 0 Å². The molecule has 10 nitrogen and oxygen atoms in total. The lowest BCUT2D eigenvalue weighted by Crippen LogP contribution is -2.13. The summed E-state index contributed by atoms with van der Waals surface area (Å²) >= 11 is 0. The molecule has 0 unspecified atom stereocenters. The SMILES string of the molecule is O=C(O)CCC(=O)OC(=O)CCCCCCCCCCCCCCC(=O)OC(=O)CCC(=O)O. The molecule has 0 heterocycles. The predicted octanol–water partition coefficient (Wildman–Crippen LogP) is 4.32. The van der Waals surface area contributed by atoms with Gasteiger partial charge in [0.05, 0.1) is 25.7 Å². The number of hydrogen-bond donors (Lipinski definition) is 2. The van der Waals surface area contributed by atoms with Crippen molar-refractivity contribution in [2.75, 3.05) is 0 Å². The van der Waals surface area contributed by atoms with E-state index in [1.54, 1.807) is 0 Å². The third kappa shape index (κ3) is 22.4. The zero-order chi connectivity index (χ0) is 25.6. The number of carbonyl (C=O) groups is 6. The first-order valence-electron chi connectivity index (χ1n) is 12.1. The molecule has 0 fully saturated rings. The number of carboxylic acid groups (broad SMARTS) is 2. The summed E-state index contributed by atoms with van der Waals surface area (Å²) in [6.07, 6.45) is 10.8. The minimum atomic E-state index is -1.10. The van der Waals surface area contributed by atoms with Crippen LogP contribution in [0.1, 0.15) is 116 Å². The maximum atomic E-state index is 11.5. The Kier molecular flexibility index (Phi) is 19.1. The van der Waals surface area contributed by atoms with Crippen molar-refractivity contribution in [3.63, 3.8) is 0 Å². The maximum Gasteiger partial charge on any atom is 0.314 e. The van der Waals surface area contributed by atoms with E-state index in [0.717, 1.165) is 64.2 Å². The minimum absolute atomic E-state index is 0.164. The highest BCUT2D eigenvalue weighted by Crippen LogP contribution is 2.13. The largest absolute Gasteiger partial charge is 0.481 e. The van der Waals surface area contributed by atoms with Crippen LogP contribution in [0.4, 0.5) is 0 Å². The van der Waals surface area contributed by atoms with Crippen molar-refractivity contribution in [1.82, 2.24) is 0 Å². The first-order chi connectivity index (χ1) is 16.2. The Morgan fingerprint density at radius 2 is 0.588 bits per heavy atom. The van der Waals surface area contributed by atoms with Gasteiger partial charge in [-0.2, -0.15) is 0 Å². The molecule has 0 saturated heterocycles. The van der Waals surface area contributed by atoms with Crippen LogP contribution in [0, 0.1) is 0 Å². The van der Waals surface area contributed by atoms with E-state index in [1.807, 2.05) is 0 Å². The van der Waals surface area contributed by atoms with Crippen molar-refractivity contribution in [3.8, 4) is 0 Å². The smallest absolute Gasteiger partial charge is 0.314 e. The second kappa shape index (κ2) is 20.8. The number of ether oxygens (including phenoxy) is 2. The summed E-state index contributed by atoms with van der Waals surface area (Å²) in [5.74, 6) is -5.00. The van der Waals surface area contributed by atoms with E-state index in [4.69, 9.17) is 10.2 Å². The Bertz CT molecular complexity index is 600. The van der Waals surface area contributed by atoms with Crippen LogP contribution in [0.2, 0.25) is 0 Å². The first-order valence-corrected chi connectivity index (χ1v) is 12.1. The summed E-state index contributed by atoms with van der Waals surface area (Å²) in [5, 5.41) is 16.9. The molecule has 0 saturated carbocycles. The molecule has 0 amide bonds. The third-order valence-electron chi connectivity index (χ3n) is 5.05. The van der Waals surface area contributed by atoms with Crippen LogP contribution in [-0.4, -0.2) is 46.0 Å². The van der Waals surface area contributed by atoms with Crippen LogP contribution in [0.5, 0.6) is 0 Å². The minimum Gasteiger partial charge on any atom is -0.481 e. The second-order valence-electron chi connectivity index (χ2n) is 8.22. The number of hydrogen-bond acceptors (Lipinski definition) is 8. The van der Waals surface area contributed by atoms with Crippen LogP contribution < -0.4 is 0 Å². The Labute approximate surface area is 200 Å². The number of carbonyl (C=O) groups excluding carboxylic acids is 4. The molecule has 0 radical (unpaired) electrons. The Morgan fingerprint density at radius 1 is 0.353 bits per heavy atom. The van der Waals surface area contributed by atoms with Gasteiger partial charge in [-0.05, 0) is 12.8 Å². The summed E-state index contributed by atoms with van der Waals surface area (Å²) < 4.78 is 9.11. The summed E-state index contributed by atoms with van der Waals surface area (Å²) in [6.45, 7) is 0. The molecule has 0 aliphatic rings. The quantitative estimate of drug-likeness (QED) is 0.136. The van der Waals surface area contributed by atoms with Crippen LogP contribution in [-0.2, 0) is 38.2 Å². The fraction of sp³-hybridized carbons (Fsp3) is 0.750. The molecule has 0 aliphatic carbocycles. The Balaban J connectivity index is 3.39. The lowest BCUT2D eigenvalue weighted by atomic mass is 10.0. The highest BCUT2D eigenvalue weighted by molar-refractivity contribution is 5.87. The van der Waals surface area contributed by atoms with Crippen molar-refractivity contribution in [2.45, 2.75) is 116 Å². The average Bonchev–Trinajstić information content (AvgIpc) is 2.76. The lowest BCUT2D eigenvalue weighted by molar-refractivity contribution is -0.162. The van der Waals surface area contributed by atoms with E-state index < -0.39 is 35.8 Å². The summed E-state index contributed by atoms with van der Waals surface area (Å²) in [4.78, 5) is 66.1.